The molecule has 0 aromatic rings. The lowest BCUT2D eigenvalue weighted by molar-refractivity contribution is -0.290. The highest BCUT2D eigenvalue weighted by atomic mass is 28.4. The lowest BCUT2D eigenvalue weighted by Crippen LogP contribution is -2.65. The fraction of sp³-hybridized carbons (Fsp3) is 0.951. The molecule has 292 valence electrons. The van der Waals surface area contributed by atoms with Crippen LogP contribution in [0.5, 0.6) is 0 Å². The van der Waals surface area contributed by atoms with Crippen LogP contribution in [0.3, 0.4) is 0 Å². The first-order chi connectivity index (χ1) is 23.2. The van der Waals surface area contributed by atoms with E-state index < -0.39 is 33.9 Å². The number of hydrogen-bond donors (Lipinski definition) is 1. The fourth-order valence-corrected chi connectivity index (χ4v) is 22.3. The standard InChI is InChI=1S/C41H78O7Si2/c1-16-37-40(14,42)21-19-33-34(45-37)20-22-41(15)38(46-33)25-35-39(47-41)36(48-50(29(8)9,30(10)11)31(12)13)24-32(44-35)18-17-23-43-49(26(2)3,27(4)5)28(6)7/h16,26-39,42H,1,17-25H2,2-15H3/t32-,33-,34+,35-,36+,37-,38+,39-,40-,41-/m1/s1. The summed E-state index contributed by atoms with van der Waals surface area (Å²) in [7, 11) is -4.12. The summed E-state index contributed by atoms with van der Waals surface area (Å²) in [4.78, 5) is 0. The van der Waals surface area contributed by atoms with Crippen LogP contribution in [-0.4, -0.2) is 88.4 Å². The highest BCUT2D eigenvalue weighted by Gasteiger charge is 2.58. The van der Waals surface area contributed by atoms with Gasteiger partial charge in [0.25, 0.3) is 0 Å². The highest BCUT2D eigenvalue weighted by molar-refractivity contribution is 6.78. The Kier molecular flexibility index (Phi) is 14.3. The largest absolute Gasteiger partial charge is 0.416 e. The van der Waals surface area contributed by atoms with Gasteiger partial charge in [-0.05, 0) is 85.6 Å². The van der Waals surface area contributed by atoms with Gasteiger partial charge >= 0.3 is 0 Å². The molecule has 0 aliphatic carbocycles. The van der Waals surface area contributed by atoms with Crippen molar-refractivity contribution >= 4 is 16.6 Å². The van der Waals surface area contributed by atoms with Crippen LogP contribution in [-0.2, 0) is 27.8 Å². The molecule has 0 radical (unpaired) electrons. The van der Waals surface area contributed by atoms with Crippen molar-refractivity contribution in [2.75, 3.05) is 6.61 Å². The van der Waals surface area contributed by atoms with E-state index in [4.69, 9.17) is 27.8 Å². The monoisotopic (exact) mass is 739 g/mol. The van der Waals surface area contributed by atoms with E-state index in [1.165, 1.54) is 0 Å². The molecule has 9 heteroatoms. The Balaban J connectivity index is 1.58. The quantitative estimate of drug-likeness (QED) is 0.108. The second-order valence-corrected chi connectivity index (χ2v) is 29.7. The van der Waals surface area contributed by atoms with Gasteiger partial charge in [0.15, 0.2) is 8.32 Å². The summed E-state index contributed by atoms with van der Waals surface area (Å²) in [5.74, 6) is 0. The first-order valence-corrected chi connectivity index (χ1v) is 24.8. The summed E-state index contributed by atoms with van der Waals surface area (Å²) >= 11 is 0. The van der Waals surface area contributed by atoms with Gasteiger partial charge in [0.1, 0.15) is 12.2 Å². The molecule has 0 aromatic carbocycles. The van der Waals surface area contributed by atoms with Crippen LogP contribution in [0.2, 0.25) is 33.2 Å². The Morgan fingerprint density at radius 2 is 1.28 bits per heavy atom. The van der Waals surface area contributed by atoms with Gasteiger partial charge in [-0.15, -0.1) is 6.58 Å². The molecular weight excluding hydrogens is 661 g/mol. The van der Waals surface area contributed by atoms with E-state index in [-0.39, 0.29) is 42.7 Å². The first kappa shape index (κ1) is 42.6. The Morgan fingerprint density at radius 3 is 1.82 bits per heavy atom. The van der Waals surface area contributed by atoms with Crippen LogP contribution >= 0.6 is 0 Å². The van der Waals surface area contributed by atoms with Gasteiger partial charge in [-0.2, -0.15) is 0 Å². The van der Waals surface area contributed by atoms with Gasteiger partial charge in [0.2, 0.25) is 8.32 Å². The van der Waals surface area contributed by atoms with Crippen molar-refractivity contribution in [2.45, 2.75) is 242 Å². The first-order valence-electron chi connectivity index (χ1n) is 20.6. The number of aliphatic hydroxyl groups is 1. The minimum absolute atomic E-state index is 0.0167. The van der Waals surface area contributed by atoms with Gasteiger partial charge in [-0.1, -0.05) is 89.2 Å². The minimum Gasteiger partial charge on any atom is -0.416 e. The van der Waals surface area contributed by atoms with Crippen LogP contribution in [0.15, 0.2) is 12.7 Å². The third-order valence-corrected chi connectivity index (χ3v) is 25.9. The average Bonchev–Trinajstić information content (AvgIpc) is 3.22. The topological polar surface area (TPSA) is 75.6 Å². The zero-order chi connectivity index (χ0) is 37.4. The Hall–Kier alpha value is -0.106. The van der Waals surface area contributed by atoms with Crippen molar-refractivity contribution < 1.29 is 32.9 Å². The van der Waals surface area contributed by atoms with Crippen LogP contribution in [0, 0.1) is 0 Å². The predicted molar refractivity (Wildman–Crippen MR) is 210 cm³/mol. The Bertz CT molecular complexity index is 1050. The second-order valence-electron chi connectivity index (χ2n) is 18.9. The normalized spacial score (nSPS) is 37.2. The molecule has 0 aromatic heterocycles. The molecule has 0 saturated carbocycles. The van der Waals surface area contributed by atoms with Crippen molar-refractivity contribution in [1.82, 2.24) is 0 Å². The zero-order valence-corrected chi connectivity index (χ0v) is 36.6. The van der Waals surface area contributed by atoms with E-state index in [0.717, 1.165) is 51.6 Å². The molecule has 0 bridgehead atoms. The smallest absolute Gasteiger partial charge is 0.200 e. The molecule has 4 saturated heterocycles. The van der Waals surface area contributed by atoms with Gasteiger partial charge in [0.05, 0.1) is 47.8 Å². The lowest BCUT2D eigenvalue weighted by atomic mass is 9.81. The van der Waals surface area contributed by atoms with E-state index in [1.54, 1.807) is 6.08 Å². The van der Waals surface area contributed by atoms with Crippen LogP contribution in [0.1, 0.15) is 148 Å². The summed E-state index contributed by atoms with van der Waals surface area (Å²) in [6, 6.07) is 0. The number of hydrogen-bond acceptors (Lipinski definition) is 7. The molecule has 4 aliphatic rings. The maximum absolute atomic E-state index is 11.1. The van der Waals surface area contributed by atoms with Crippen LogP contribution in [0.4, 0.5) is 0 Å². The average molecular weight is 739 g/mol. The molecular formula is C41H78O7Si2. The Morgan fingerprint density at radius 1 is 0.740 bits per heavy atom. The van der Waals surface area contributed by atoms with E-state index in [2.05, 4.69) is 96.6 Å². The summed E-state index contributed by atoms with van der Waals surface area (Å²) in [5, 5.41) is 11.1. The van der Waals surface area contributed by atoms with Crippen LogP contribution in [0.25, 0.3) is 0 Å². The van der Waals surface area contributed by atoms with Gasteiger partial charge in [-0.3, -0.25) is 0 Å². The molecule has 0 unspecified atom stereocenters. The maximum Gasteiger partial charge on any atom is 0.200 e. The second kappa shape index (κ2) is 16.7. The number of fused-ring (bicyclic) bond motifs is 3. The van der Waals surface area contributed by atoms with Crippen molar-refractivity contribution in [3.05, 3.63) is 12.7 Å². The third kappa shape index (κ3) is 8.41. The fourth-order valence-electron chi connectivity index (χ4n) is 11.2. The maximum atomic E-state index is 11.1. The highest BCUT2D eigenvalue weighted by Crippen LogP contribution is 2.50. The molecule has 7 nitrogen and oxygen atoms in total. The molecule has 4 rings (SSSR count). The van der Waals surface area contributed by atoms with Gasteiger partial charge in [-0.25, -0.2) is 0 Å². The molecule has 1 N–H and O–H groups in total. The summed E-state index contributed by atoms with van der Waals surface area (Å²) in [5.41, 5.74) is 1.78. The van der Waals surface area contributed by atoms with Crippen molar-refractivity contribution in [1.29, 1.82) is 0 Å². The Labute approximate surface area is 309 Å². The van der Waals surface area contributed by atoms with E-state index in [0.29, 0.717) is 39.7 Å². The molecule has 0 amide bonds. The minimum atomic E-state index is -2.20. The number of ether oxygens (including phenoxy) is 4. The summed E-state index contributed by atoms with van der Waals surface area (Å²) in [6.45, 7) is 37.3. The number of rotatable bonds is 14. The molecule has 4 fully saturated rings. The lowest BCUT2D eigenvalue weighted by Gasteiger charge is -2.55. The SMILES string of the molecule is C=C[C@H]1O[C@H]2CC[C@@]3(C)O[C@H]4[C@@H](O[Si](C(C)C)(C(C)C)C(C)C)C[C@@H](CCCO[Si](C(C)C)(C(C)C)C(C)C)O[C@@H]4C[C@@H]3O[C@@H]2CC[C@@]1(C)O. The molecule has 4 heterocycles. The molecule has 50 heavy (non-hydrogen) atoms. The van der Waals surface area contributed by atoms with Crippen molar-refractivity contribution in [3.8, 4) is 0 Å². The molecule has 10 atom stereocenters. The van der Waals surface area contributed by atoms with Gasteiger partial charge < -0.3 is 32.9 Å². The van der Waals surface area contributed by atoms with E-state index >= 15 is 0 Å². The third-order valence-electron chi connectivity index (χ3n) is 13.7. The van der Waals surface area contributed by atoms with E-state index in [1.807, 2.05) is 6.92 Å². The predicted octanol–water partition coefficient (Wildman–Crippen LogP) is 10.3. The van der Waals surface area contributed by atoms with Gasteiger partial charge in [0, 0.05) is 19.4 Å². The molecule has 0 spiro atoms. The van der Waals surface area contributed by atoms with Crippen molar-refractivity contribution in [2.24, 2.45) is 0 Å². The molecule has 4 aliphatic heterocycles. The van der Waals surface area contributed by atoms with E-state index in [9.17, 15) is 5.11 Å². The summed E-state index contributed by atoms with van der Waals surface area (Å²) in [6.07, 6.45) is 7.43. The zero-order valence-electron chi connectivity index (χ0n) is 34.6. The van der Waals surface area contributed by atoms with Crippen molar-refractivity contribution in [3.63, 3.8) is 0 Å². The summed E-state index contributed by atoms with van der Waals surface area (Å²) < 4.78 is 42.5. The van der Waals surface area contributed by atoms with Crippen LogP contribution < -0.4 is 0 Å².